The van der Waals surface area contributed by atoms with Crippen LogP contribution in [0.2, 0.25) is 0 Å². The minimum Gasteiger partial charge on any atom is -0.496 e. The Hall–Kier alpha value is -1.10. The Morgan fingerprint density at radius 3 is 2.57 bits per heavy atom. The first-order valence-corrected chi connectivity index (χ1v) is 7.64. The van der Waals surface area contributed by atoms with Crippen LogP contribution in [0.5, 0.6) is 5.75 Å². The van der Waals surface area contributed by atoms with Crippen LogP contribution in [0.1, 0.15) is 25.3 Å². The highest BCUT2D eigenvalue weighted by atomic mass is 16.5. The summed E-state index contributed by atoms with van der Waals surface area (Å²) in [6.07, 6.45) is 3.36. The molecule has 1 aromatic rings. The van der Waals surface area contributed by atoms with E-state index in [9.17, 15) is 0 Å². The molecule has 1 unspecified atom stereocenters. The van der Waals surface area contributed by atoms with Crippen molar-refractivity contribution in [2.45, 2.75) is 43.9 Å². The van der Waals surface area contributed by atoms with Crippen LogP contribution in [0, 0.1) is 0 Å². The van der Waals surface area contributed by atoms with Gasteiger partial charge >= 0.3 is 0 Å². The molecule has 0 aromatic heterocycles. The molecule has 1 atom stereocenters. The van der Waals surface area contributed by atoms with Gasteiger partial charge in [0.15, 0.2) is 0 Å². The van der Waals surface area contributed by atoms with E-state index in [1.54, 1.807) is 14.2 Å². The number of hydrogen-bond donors (Lipinski definition) is 1. The summed E-state index contributed by atoms with van der Waals surface area (Å²) in [4.78, 5) is 2.43. The standard InChI is InChI=1S/C17H28N2O2/c1-13(9-14-7-5-6-8-16(14)21-4)19(2)17(12-18)10-15(11-17)20-3/h5-8,13,15H,9-12,18H2,1-4H3. The van der Waals surface area contributed by atoms with Crippen LogP contribution in [-0.4, -0.2) is 50.4 Å². The van der Waals surface area contributed by atoms with Crippen molar-refractivity contribution in [2.75, 3.05) is 27.8 Å². The molecule has 0 saturated heterocycles. The van der Waals surface area contributed by atoms with Crippen LogP contribution in [0.25, 0.3) is 0 Å². The minimum atomic E-state index is 0.0854. The first-order chi connectivity index (χ1) is 10.1. The molecule has 118 valence electrons. The van der Waals surface area contributed by atoms with Gasteiger partial charge in [-0.3, -0.25) is 4.90 Å². The number of nitrogens with zero attached hydrogens (tertiary/aromatic N) is 1. The lowest BCUT2D eigenvalue weighted by Crippen LogP contribution is -2.64. The molecule has 4 heteroatoms. The molecule has 0 radical (unpaired) electrons. The number of rotatable bonds is 7. The molecule has 0 spiro atoms. The molecule has 1 aliphatic rings. The van der Waals surface area contributed by atoms with E-state index >= 15 is 0 Å². The first kappa shape index (κ1) is 16.3. The zero-order chi connectivity index (χ0) is 15.5. The van der Waals surface area contributed by atoms with Gasteiger partial charge in [0, 0.05) is 25.2 Å². The highest BCUT2D eigenvalue weighted by molar-refractivity contribution is 5.33. The predicted octanol–water partition coefficient (Wildman–Crippen LogP) is 2.06. The van der Waals surface area contributed by atoms with Crippen molar-refractivity contribution in [3.05, 3.63) is 29.8 Å². The van der Waals surface area contributed by atoms with Gasteiger partial charge in [0.2, 0.25) is 0 Å². The van der Waals surface area contributed by atoms with Gasteiger partial charge in [-0.05, 0) is 44.9 Å². The second-order valence-corrected chi connectivity index (χ2v) is 6.17. The number of ether oxygens (including phenoxy) is 2. The Morgan fingerprint density at radius 2 is 2.00 bits per heavy atom. The van der Waals surface area contributed by atoms with E-state index < -0.39 is 0 Å². The summed E-state index contributed by atoms with van der Waals surface area (Å²) in [6.45, 7) is 2.93. The van der Waals surface area contributed by atoms with E-state index in [2.05, 4.69) is 31.0 Å². The second-order valence-electron chi connectivity index (χ2n) is 6.17. The van der Waals surface area contributed by atoms with Gasteiger partial charge < -0.3 is 15.2 Å². The fourth-order valence-corrected chi connectivity index (χ4v) is 3.35. The fraction of sp³-hybridized carbons (Fsp3) is 0.647. The summed E-state index contributed by atoms with van der Waals surface area (Å²) >= 11 is 0. The highest BCUT2D eigenvalue weighted by Crippen LogP contribution is 2.39. The minimum absolute atomic E-state index is 0.0854. The molecule has 1 saturated carbocycles. The average molecular weight is 292 g/mol. The number of para-hydroxylation sites is 1. The maximum atomic E-state index is 6.05. The molecular formula is C17H28N2O2. The summed E-state index contributed by atoms with van der Waals surface area (Å²) in [7, 11) is 5.69. The van der Waals surface area contributed by atoms with Crippen LogP contribution in [-0.2, 0) is 11.2 Å². The number of benzene rings is 1. The van der Waals surface area contributed by atoms with Gasteiger partial charge in [-0.25, -0.2) is 0 Å². The topological polar surface area (TPSA) is 47.7 Å². The molecule has 1 fully saturated rings. The summed E-state index contributed by atoms with van der Waals surface area (Å²) in [5.74, 6) is 0.961. The number of hydrogen-bond acceptors (Lipinski definition) is 4. The molecule has 0 bridgehead atoms. The molecule has 0 amide bonds. The quantitative estimate of drug-likeness (QED) is 0.836. The lowest BCUT2D eigenvalue weighted by molar-refractivity contribution is -0.0896. The molecule has 0 heterocycles. The van der Waals surface area contributed by atoms with Crippen molar-refractivity contribution in [1.82, 2.24) is 4.90 Å². The van der Waals surface area contributed by atoms with E-state index in [-0.39, 0.29) is 5.54 Å². The molecule has 21 heavy (non-hydrogen) atoms. The first-order valence-electron chi connectivity index (χ1n) is 7.64. The lowest BCUT2D eigenvalue weighted by Gasteiger charge is -2.54. The van der Waals surface area contributed by atoms with E-state index in [4.69, 9.17) is 15.2 Å². The van der Waals surface area contributed by atoms with Crippen molar-refractivity contribution in [3.8, 4) is 5.75 Å². The van der Waals surface area contributed by atoms with Crippen molar-refractivity contribution in [2.24, 2.45) is 5.73 Å². The summed E-state index contributed by atoms with van der Waals surface area (Å²) in [5.41, 5.74) is 7.38. The van der Waals surface area contributed by atoms with Gasteiger partial charge in [-0.15, -0.1) is 0 Å². The van der Waals surface area contributed by atoms with Gasteiger partial charge in [0.1, 0.15) is 5.75 Å². The smallest absolute Gasteiger partial charge is 0.122 e. The maximum Gasteiger partial charge on any atom is 0.122 e. The Morgan fingerprint density at radius 1 is 1.33 bits per heavy atom. The zero-order valence-electron chi connectivity index (χ0n) is 13.6. The van der Waals surface area contributed by atoms with Crippen molar-refractivity contribution in [1.29, 1.82) is 0 Å². The van der Waals surface area contributed by atoms with Crippen LogP contribution >= 0.6 is 0 Å². The van der Waals surface area contributed by atoms with Crippen LogP contribution in [0.4, 0.5) is 0 Å². The van der Waals surface area contributed by atoms with E-state index in [1.807, 2.05) is 12.1 Å². The van der Waals surface area contributed by atoms with Crippen LogP contribution in [0.3, 0.4) is 0 Å². The Labute approximate surface area is 128 Å². The lowest BCUT2D eigenvalue weighted by atomic mass is 9.72. The highest BCUT2D eigenvalue weighted by Gasteiger charge is 2.47. The van der Waals surface area contributed by atoms with Gasteiger partial charge in [-0.2, -0.15) is 0 Å². The van der Waals surface area contributed by atoms with Gasteiger partial charge in [0.05, 0.1) is 13.2 Å². The molecule has 1 aliphatic carbocycles. The van der Waals surface area contributed by atoms with Crippen molar-refractivity contribution >= 4 is 0 Å². The summed E-state index contributed by atoms with van der Waals surface area (Å²) < 4.78 is 10.9. The van der Waals surface area contributed by atoms with Gasteiger partial charge in [0.25, 0.3) is 0 Å². The number of methoxy groups -OCH3 is 2. The van der Waals surface area contributed by atoms with Crippen molar-refractivity contribution < 1.29 is 9.47 Å². The molecule has 2 rings (SSSR count). The Kier molecular flexibility index (Phi) is 5.25. The molecule has 0 aliphatic heterocycles. The average Bonchev–Trinajstić information content (AvgIpc) is 2.47. The molecule has 1 aromatic carbocycles. The molecule has 4 nitrogen and oxygen atoms in total. The number of likely N-dealkylation sites (N-methyl/N-ethyl adjacent to an activating group) is 1. The monoisotopic (exact) mass is 292 g/mol. The van der Waals surface area contributed by atoms with E-state index in [1.165, 1.54) is 5.56 Å². The summed E-state index contributed by atoms with van der Waals surface area (Å²) in [5, 5.41) is 0. The Balaban J connectivity index is 2.04. The van der Waals surface area contributed by atoms with Crippen LogP contribution in [0.15, 0.2) is 24.3 Å². The molecule has 2 N–H and O–H groups in total. The third kappa shape index (κ3) is 3.23. The largest absolute Gasteiger partial charge is 0.496 e. The normalized spacial score (nSPS) is 26.5. The van der Waals surface area contributed by atoms with E-state index in [0.29, 0.717) is 18.7 Å². The molecular weight excluding hydrogens is 264 g/mol. The SMILES string of the molecule is COc1ccccc1CC(C)N(C)C1(CN)CC(OC)C1. The van der Waals surface area contributed by atoms with E-state index in [0.717, 1.165) is 25.0 Å². The van der Waals surface area contributed by atoms with Crippen molar-refractivity contribution in [3.63, 3.8) is 0 Å². The maximum absolute atomic E-state index is 6.05. The van der Waals surface area contributed by atoms with Gasteiger partial charge in [-0.1, -0.05) is 18.2 Å². The second kappa shape index (κ2) is 6.77. The third-order valence-electron chi connectivity index (χ3n) is 5.05. The third-order valence-corrected chi connectivity index (χ3v) is 5.05. The fourth-order valence-electron chi connectivity index (χ4n) is 3.35. The Bertz CT molecular complexity index is 458. The predicted molar refractivity (Wildman–Crippen MR) is 85.7 cm³/mol. The summed E-state index contributed by atoms with van der Waals surface area (Å²) in [6, 6.07) is 8.63. The van der Waals surface area contributed by atoms with Crippen LogP contribution < -0.4 is 10.5 Å². The zero-order valence-corrected chi connectivity index (χ0v) is 13.6. The number of nitrogens with two attached hydrogens (primary N) is 1.